The van der Waals surface area contributed by atoms with Crippen molar-refractivity contribution in [1.29, 1.82) is 0 Å². The number of carbonyl (C=O) groups is 1. The Kier molecular flexibility index (Phi) is 10.1. The van der Waals surface area contributed by atoms with Crippen LogP contribution in [0.4, 0.5) is 10.1 Å². The van der Waals surface area contributed by atoms with E-state index in [1.165, 1.54) is 44.2 Å². The number of sulfonamides is 1. The molecular weight excluding hydrogens is 533 g/mol. The van der Waals surface area contributed by atoms with Gasteiger partial charge in [-0.1, -0.05) is 26.2 Å². The number of nitrogens with one attached hydrogen (secondary N) is 1. The molecule has 3 atom stereocenters. The van der Waals surface area contributed by atoms with Crippen LogP contribution in [-0.4, -0.2) is 74.7 Å². The molecule has 0 saturated heterocycles. The van der Waals surface area contributed by atoms with Gasteiger partial charge in [-0.25, -0.2) is 12.8 Å². The first-order chi connectivity index (χ1) is 19.1. The summed E-state index contributed by atoms with van der Waals surface area (Å²) < 4.78 is 48.3. The van der Waals surface area contributed by atoms with Crippen molar-refractivity contribution in [1.82, 2.24) is 9.80 Å². The zero-order valence-electron chi connectivity index (χ0n) is 23.7. The van der Waals surface area contributed by atoms with E-state index in [9.17, 15) is 22.7 Å². The lowest BCUT2D eigenvalue weighted by Gasteiger charge is -2.35. The van der Waals surface area contributed by atoms with Gasteiger partial charge in [0.15, 0.2) is 0 Å². The number of hydrogen-bond acceptors (Lipinski definition) is 6. The van der Waals surface area contributed by atoms with Crippen LogP contribution < -0.4 is 9.46 Å². The van der Waals surface area contributed by atoms with Crippen molar-refractivity contribution in [2.45, 2.75) is 69.4 Å². The van der Waals surface area contributed by atoms with Gasteiger partial charge in [-0.2, -0.15) is 0 Å². The zero-order valence-corrected chi connectivity index (χ0v) is 24.5. The van der Waals surface area contributed by atoms with Crippen LogP contribution in [-0.2, 0) is 21.2 Å². The summed E-state index contributed by atoms with van der Waals surface area (Å²) in [5, 5.41) is 9.88. The third-order valence-electron chi connectivity index (χ3n) is 8.08. The third-order valence-corrected chi connectivity index (χ3v) is 9.48. The Bertz CT molecular complexity index is 1250. The average Bonchev–Trinajstić information content (AvgIpc) is 2.96. The molecule has 10 heteroatoms. The molecule has 1 aliphatic carbocycles. The van der Waals surface area contributed by atoms with E-state index < -0.39 is 15.8 Å². The van der Waals surface area contributed by atoms with Crippen LogP contribution in [0.25, 0.3) is 0 Å². The summed E-state index contributed by atoms with van der Waals surface area (Å²) in [5.41, 5.74) is 0.841. The van der Waals surface area contributed by atoms with E-state index in [0.29, 0.717) is 30.3 Å². The number of amides is 1. The summed E-state index contributed by atoms with van der Waals surface area (Å²) in [5.74, 6) is 0.533. The molecule has 2 aromatic carbocycles. The largest absolute Gasteiger partial charge is 0.488 e. The molecule has 220 valence electrons. The molecule has 1 amide bonds. The Morgan fingerprint density at radius 2 is 1.82 bits per heavy atom. The van der Waals surface area contributed by atoms with E-state index in [1.54, 1.807) is 23.1 Å². The minimum atomic E-state index is -3.96. The van der Waals surface area contributed by atoms with Crippen LogP contribution in [0.5, 0.6) is 5.75 Å². The Balaban J connectivity index is 1.60. The highest BCUT2D eigenvalue weighted by Gasteiger charge is 2.31. The van der Waals surface area contributed by atoms with Crippen molar-refractivity contribution in [3.63, 3.8) is 0 Å². The number of hydrogen-bond donors (Lipinski definition) is 2. The molecule has 0 spiro atoms. The van der Waals surface area contributed by atoms with Crippen molar-refractivity contribution in [2.24, 2.45) is 11.8 Å². The van der Waals surface area contributed by atoms with Crippen LogP contribution in [0, 0.1) is 17.7 Å². The Hall–Kier alpha value is -2.69. The summed E-state index contributed by atoms with van der Waals surface area (Å²) in [7, 11) is -1.85. The number of fused-ring (bicyclic) bond motifs is 1. The lowest BCUT2D eigenvalue weighted by atomic mass is 9.89. The van der Waals surface area contributed by atoms with Crippen molar-refractivity contribution in [3.05, 3.63) is 53.8 Å². The number of ether oxygens (including phenoxy) is 1. The molecule has 1 saturated carbocycles. The number of likely N-dealkylation sites (N-methyl/N-ethyl adjacent to an activating group) is 1. The highest BCUT2D eigenvalue weighted by Crippen LogP contribution is 2.31. The number of rotatable bonds is 9. The summed E-state index contributed by atoms with van der Waals surface area (Å²) >= 11 is 0. The minimum Gasteiger partial charge on any atom is -0.488 e. The van der Waals surface area contributed by atoms with Gasteiger partial charge in [0, 0.05) is 36.8 Å². The molecule has 2 aliphatic rings. The van der Waals surface area contributed by atoms with E-state index >= 15 is 0 Å². The summed E-state index contributed by atoms with van der Waals surface area (Å²) in [4.78, 5) is 17.4. The van der Waals surface area contributed by atoms with E-state index in [2.05, 4.69) is 23.6 Å². The molecule has 8 nitrogen and oxygen atoms in total. The molecule has 4 rings (SSSR count). The van der Waals surface area contributed by atoms with Crippen molar-refractivity contribution < 1.29 is 27.4 Å². The summed E-state index contributed by atoms with van der Waals surface area (Å²) in [6.45, 7) is 5.86. The van der Waals surface area contributed by atoms with Crippen LogP contribution in [0.1, 0.15) is 51.5 Å². The Labute approximate surface area is 237 Å². The minimum absolute atomic E-state index is 0.00312. The first-order valence-corrected chi connectivity index (χ1v) is 15.7. The zero-order chi connectivity index (χ0) is 28.9. The molecule has 0 unspecified atom stereocenters. The maximum absolute atomic E-state index is 13.4. The van der Waals surface area contributed by atoms with Crippen LogP contribution in [0.2, 0.25) is 0 Å². The summed E-state index contributed by atoms with van der Waals surface area (Å²) in [6.07, 6.45) is 6.17. The quantitative estimate of drug-likeness (QED) is 0.463. The maximum Gasteiger partial charge on any atom is 0.261 e. The van der Waals surface area contributed by atoms with Gasteiger partial charge in [0.25, 0.3) is 10.0 Å². The van der Waals surface area contributed by atoms with Gasteiger partial charge in [-0.3, -0.25) is 9.52 Å². The number of benzene rings is 2. The Morgan fingerprint density at radius 1 is 1.12 bits per heavy atom. The SMILES string of the molecule is C[C@@H]1CN([C@H](C)CO)C(=O)Cc2cc(NS(=O)(=O)c3ccc(F)cc3)ccc2O[C@H]1CN(C)CC1CCCCC1. The smallest absolute Gasteiger partial charge is 0.261 e. The molecule has 0 bridgehead atoms. The van der Waals surface area contributed by atoms with Crippen LogP contribution >= 0.6 is 0 Å². The fourth-order valence-electron chi connectivity index (χ4n) is 5.73. The molecule has 1 fully saturated rings. The topological polar surface area (TPSA) is 99.2 Å². The van der Waals surface area contributed by atoms with Gasteiger partial charge in [-0.15, -0.1) is 0 Å². The molecule has 1 aliphatic heterocycles. The second-order valence-corrected chi connectivity index (χ2v) is 13.2. The van der Waals surface area contributed by atoms with Gasteiger partial charge < -0.3 is 19.6 Å². The number of aliphatic hydroxyl groups is 1. The van der Waals surface area contributed by atoms with Gasteiger partial charge >= 0.3 is 0 Å². The second kappa shape index (κ2) is 13.3. The van der Waals surface area contributed by atoms with Crippen LogP contribution in [0.15, 0.2) is 47.4 Å². The number of anilines is 1. The van der Waals surface area contributed by atoms with E-state index in [0.717, 1.165) is 18.7 Å². The highest BCUT2D eigenvalue weighted by atomic mass is 32.2. The van der Waals surface area contributed by atoms with E-state index in [4.69, 9.17) is 4.74 Å². The fraction of sp³-hybridized carbons (Fsp3) is 0.567. The molecule has 2 N–H and O–H groups in total. The lowest BCUT2D eigenvalue weighted by Crippen LogP contribution is -2.48. The number of aliphatic hydroxyl groups excluding tert-OH is 1. The number of nitrogens with zero attached hydrogens (tertiary/aromatic N) is 2. The molecule has 2 aromatic rings. The average molecular weight is 576 g/mol. The normalized spacial score (nSPS) is 21.6. The first kappa shape index (κ1) is 30.3. The molecule has 1 heterocycles. The predicted molar refractivity (Wildman–Crippen MR) is 153 cm³/mol. The number of halogens is 1. The van der Waals surface area contributed by atoms with E-state index in [-0.39, 0.29) is 47.6 Å². The van der Waals surface area contributed by atoms with Crippen LogP contribution in [0.3, 0.4) is 0 Å². The van der Waals surface area contributed by atoms with Gasteiger partial charge in [0.2, 0.25) is 5.91 Å². The summed E-state index contributed by atoms with van der Waals surface area (Å²) in [6, 6.07) is 9.16. The molecule has 40 heavy (non-hydrogen) atoms. The molecule has 0 radical (unpaired) electrons. The highest BCUT2D eigenvalue weighted by molar-refractivity contribution is 7.92. The maximum atomic E-state index is 13.4. The second-order valence-electron chi connectivity index (χ2n) is 11.5. The van der Waals surface area contributed by atoms with Gasteiger partial charge in [0.1, 0.15) is 17.7 Å². The van der Waals surface area contributed by atoms with E-state index in [1.807, 2.05) is 6.92 Å². The number of carbonyl (C=O) groups excluding carboxylic acids is 1. The van der Waals surface area contributed by atoms with Crippen molar-refractivity contribution in [3.8, 4) is 5.75 Å². The first-order valence-electron chi connectivity index (χ1n) is 14.2. The van der Waals surface area contributed by atoms with Gasteiger partial charge in [-0.05, 0) is 75.2 Å². The Morgan fingerprint density at radius 3 is 2.50 bits per heavy atom. The van der Waals surface area contributed by atoms with Crippen molar-refractivity contribution >= 4 is 21.6 Å². The monoisotopic (exact) mass is 575 g/mol. The fourth-order valence-corrected chi connectivity index (χ4v) is 6.78. The van der Waals surface area contributed by atoms with Gasteiger partial charge in [0.05, 0.1) is 24.0 Å². The standard InChI is InChI=1S/C30H42FN3O5S/c1-21-17-34(22(2)20-35)30(36)16-24-15-26(32-40(37,38)27-12-9-25(31)10-13-27)11-14-28(24)39-29(21)19-33(3)18-23-7-5-4-6-8-23/h9-15,21-23,29,32,35H,4-8,16-20H2,1-3H3/t21-,22-,29+/m1/s1. The molecule has 0 aromatic heterocycles. The third kappa shape index (κ3) is 7.73. The lowest BCUT2D eigenvalue weighted by molar-refractivity contribution is -0.134. The molecular formula is C30H42FN3O5S. The van der Waals surface area contributed by atoms with Crippen molar-refractivity contribution in [2.75, 3.05) is 38.0 Å². The predicted octanol–water partition coefficient (Wildman–Crippen LogP) is 4.29.